The van der Waals surface area contributed by atoms with Gasteiger partial charge in [0.2, 0.25) is 0 Å². The Hall–Kier alpha value is -2.55. The maximum Gasteiger partial charge on any atom is 0.132 e. The number of aromatic nitrogens is 1. The number of allylic oxidation sites excluding steroid dienone is 1. The zero-order valence-corrected chi connectivity index (χ0v) is 11.1. The Balaban J connectivity index is 1.57. The zero-order chi connectivity index (χ0) is 13.6. The normalized spacial score (nSPS) is 14.0. The molecular formula is C17H16N2O. The number of pyridine rings is 1. The van der Waals surface area contributed by atoms with Crippen LogP contribution in [-0.4, -0.2) is 11.5 Å². The molecule has 0 amide bonds. The van der Waals surface area contributed by atoms with Gasteiger partial charge in [-0.15, -0.1) is 0 Å². The minimum absolute atomic E-state index is 0.598. The molecule has 3 rings (SSSR count). The Kier molecular flexibility index (Phi) is 3.78. The average Bonchev–Trinajstić information content (AvgIpc) is 2.55. The van der Waals surface area contributed by atoms with Crippen molar-refractivity contribution >= 4 is 5.82 Å². The first kappa shape index (κ1) is 12.5. The summed E-state index contributed by atoms with van der Waals surface area (Å²) in [6, 6.07) is 16.1. The van der Waals surface area contributed by atoms with Crippen LogP contribution in [0.3, 0.4) is 0 Å². The lowest BCUT2D eigenvalue weighted by Crippen LogP contribution is -2.20. The number of nitrogens with zero attached hydrogens (tertiary/aromatic N) is 2. The number of anilines is 1. The van der Waals surface area contributed by atoms with Crippen molar-refractivity contribution in [2.45, 2.75) is 6.61 Å². The smallest absolute Gasteiger partial charge is 0.132 e. The Morgan fingerprint density at radius 2 is 1.90 bits per heavy atom. The highest BCUT2D eigenvalue weighted by atomic mass is 16.5. The van der Waals surface area contributed by atoms with Crippen LogP contribution in [0.2, 0.25) is 0 Å². The fraction of sp³-hybridized carbons (Fsp3) is 0.118. The Morgan fingerprint density at radius 1 is 1.05 bits per heavy atom. The van der Waals surface area contributed by atoms with E-state index in [9.17, 15) is 0 Å². The summed E-state index contributed by atoms with van der Waals surface area (Å²) < 4.78 is 5.78. The van der Waals surface area contributed by atoms with Crippen molar-refractivity contribution in [1.29, 1.82) is 0 Å². The van der Waals surface area contributed by atoms with Gasteiger partial charge < -0.3 is 9.64 Å². The van der Waals surface area contributed by atoms with Gasteiger partial charge >= 0.3 is 0 Å². The van der Waals surface area contributed by atoms with E-state index in [0.717, 1.165) is 18.1 Å². The number of hydrogen-bond donors (Lipinski definition) is 0. The topological polar surface area (TPSA) is 25.4 Å². The van der Waals surface area contributed by atoms with Crippen molar-refractivity contribution in [2.24, 2.45) is 0 Å². The molecule has 1 aromatic heterocycles. The maximum absolute atomic E-state index is 5.78. The molecule has 1 aliphatic rings. The quantitative estimate of drug-likeness (QED) is 0.845. The highest BCUT2D eigenvalue weighted by Gasteiger charge is 2.08. The molecule has 0 saturated heterocycles. The van der Waals surface area contributed by atoms with Crippen LogP contribution >= 0.6 is 0 Å². The first-order valence-electron chi connectivity index (χ1n) is 6.64. The van der Waals surface area contributed by atoms with E-state index in [0.29, 0.717) is 6.61 Å². The lowest BCUT2D eigenvalue weighted by molar-refractivity contribution is 0.209. The molecule has 0 unspecified atom stereocenters. The molecule has 0 bridgehead atoms. The van der Waals surface area contributed by atoms with E-state index in [1.165, 1.54) is 5.56 Å². The molecule has 1 aliphatic heterocycles. The van der Waals surface area contributed by atoms with Gasteiger partial charge in [0.15, 0.2) is 0 Å². The van der Waals surface area contributed by atoms with Gasteiger partial charge in [-0.05, 0) is 29.8 Å². The van der Waals surface area contributed by atoms with Gasteiger partial charge in [-0.3, -0.25) is 0 Å². The van der Waals surface area contributed by atoms with Crippen LogP contribution in [0.1, 0.15) is 5.56 Å². The Morgan fingerprint density at radius 3 is 2.60 bits per heavy atom. The molecule has 0 aliphatic carbocycles. The van der Waals surface area contributed by atoms with Crippen molar-refractivity contribution in [3.63, 3.8) is 0 Å². The summed E-state index contributed by atoms with van der Waals surface area (Å²) in [6.07, 6.45) is 7.84. The van der Waals surface area contributed by atoms with E-state index in [1.54, 1.807) is 6.20 Å². The summed E-state index contributed by atoms with van der Waals surface area (Å²) in [5.74, 6) is 1.85. The summed E-state index contributed by atoms with van der Waals surface area (Å²) in [7, 11) is 0. The van der Waals surface area contributed by atoms with Gasteiger partial charge in [-0.2, -0.15) is 0 Å². The Labute approximate surface area is 118 Å². The molecule has 3 heteroatoms. The Bertz CT molecular complexity index is 605. The third kappa shape index (κ3) is 3.06. The number of rotatable bonds is 4. The van der Waals surface area contributed by atoms with E-state index in [2.05, 4.69) is 28.1 Å². The molecule has 2 aromatic rings. The van der Waals surface area contributed by atoms with Gasteiger partial charge in [0.1, 0.15) is 18.2 Å². The molecule has 0 atom stereocenters. The minimum Gasteiger partial charge on any atom is -0.489 e. The fourth-order valence-electron chi connectivity index (χ4n) is 2.02. The predicted octanol–water partition coefficient (Wildman–Crippen LogP) is 3.52. The van der Waals surface area contributed by atoms with Crippen LogP contribution in [-0.2, 0) is 11.3 Å². The van der Waals surface area contributed by atoms with Crippen molar-refractivity contribution < 1.29 is 4.74 Å². The lowest BCUT2D eigenvalue weighted by atomic mass is 10.2. The second-order valence-corrected chi connectivity index (χ2v) is 4.54. The third-order valence-corrected chi connectivity index (χ3v) is 3.10. The van der Waals surface area contributed by atoms with Crippen molar-refractivity contribution in [3.8, 4) is 0 Å². The number of ether oxygens (including phenoxy) is 1. The average molecular weight is 264 g/mol. The van der Waals surface area contributed by atoms with Gasteiger partial charge in [-0.1, -0.05) is 36.4 Å². The minimum atomic E-state index is 0.598. The molecule has 0 N–H and O–H groups in total. The summed E-state index contributed by atoms with van der Waals surface area (Å²) >= 11 is 0. The van der Waals surface area contributed by atoms with Gasteiger partial charge in [0.25, 0.3) is 0 Å². The molecule has 100 valence electrons. The molecule has 0 fully saturated rings. The van der Waals surface area contributed by atoms with Crippen molar-refractivity contribution in [2.75, 3.05) is 11.4 Å². The van der Waals surface area contributed by atoms with Crippen LogP contribution in [0.4, 0.5) is 5.82 Å². The fourth-order valence-corrected chi connectivity index (χ4v) is 2.02. The van der Waals surface area contributed by atoms with Crippen LogP contribution < -0.4 is 4.90 Å². The number of benzene rings is 1. The second kappa shape index (κ2) is 6.06. The number of hydrogen-bond acceptors (Lipinski definition) is 3. The summed E-state index contributed by atoms with van der Waals surface area (Å²) in [6.45, 7) is 1.37. The zero-order valence-electron chi connectivity index (χ0n) is 11.1. The van der Waals surface area contributed by atoms with Crippen LogP contribution in [0.15, 0.2) is 78.8 Å². The van der Waals surface area contributed by atoms with Crippen molar-refractivity contribution in [1.82, 2.24) is 4.98 Å². The van der Waals surface area contributed by atoms with Gasteiger partial charge in [-0.25, -0.2) is 4.98 Å². The first-order valence-corrected chi connectivity index (χ1v) is 6.64. The molecule has 0 radical (unpaired) electrons. The molecule has 20 heavy (non-hydrogen) atoms. The molecule has 3 nitrogen and oxygen atoms in total. The molecule has 0 saturated carbocycles. The molecule has 1 aromatic carbocycles. The summed E-state index contributed by atoms with van der Waals surface area (Å²) in [4.78, 5) is 6.40. The van der Waals surface area contributed by atoms with E-state index >= 15 is 0 Å². The van der Waals surface area contributed by atoms with Crippen molar-refractivity contribution in [3.05, 3.63) is 84.4 Å². The van der Waals surface area contributed by atoms with E-state index in [-0.39, 0.29) is 0 Å². The maximum atomic E-state index is 5.78. The van der Waals surface area contributed by atoms with Gasteiger partial charge in [0, 0.05) is 18.9 Å². The van der Waals surface area contributed by atoms with Crippen LogP contribution in [0, 0.1) is 0 Å². The molecule has 0 spiro atoms. The largest absolute Gasteiger partial charge is 0.489 e. The first-order chi connectivity index (χ1) is 9.92. The highest BCUT2D eigenvalue weighted by Crippen LogP contribution is 2.16. The van der Waals surface area contributed by atoms with E-state index < -0.39 is 0 Å². The van der Waals surface area contributed by atoms with E-state index in [1.807, 2.05) is 48.7 Å². The standard InChI is InChI=1S/C17H16N2O/c1-2-6-15(7-3-1)14-20-16-9-12-19(13-10-16)17-8-4-5-11-18-17/h1-12H,13-14H2. The van der Waals surface area contributed by atoms with Gasteiger partial charge in [0.05, 0.1) is 0 Å². The van der Waals surface area contributed by atoms with E-state index in [4.69, 9.17) is 4.74 Å². The second-order valence-electron chi connectivity index (χ2n) is 4.54. The molecule has 2 heterocycles. The predicted molar refractivity (Wildman–Crippen MR) is 80.0 cm³/mol. The van der Waals surface area contributed by atoms with Crippen LogP contribution in [0.25, 0.3) is 0 Å². The monoisotopic (exact) mass is 264 g/mol. The SMILES string of the molecule is C1=CN(c2ccccn2)CC=C1OCc1ccccc1. The summed E-state index contributed by atoms with van der Waals surface area (Å²) in [5, 5.41) is 0. The highest BCUT2D eigenvalue weighted by molar-refractivity contribution is 5.45. The lowest BCUT2D eigenvalue weighted by Gasteiger charge is -2.21. The molecular weight excluding hydrogens is 248 g/mol. The van der Waals surface area contributed by atoms with Crippen LogP contribution in [0.5, 0.6) is 0 Å². The summed E-state index contributed by atoms with van der Waals surface area (Å²) in [5.41, 5.74) is 1.17. The third-order valence-electron chi connectivity index (χ3n) is 3.10.